The number of carbonyl (C=O) groups is 5. The highest BCUT2D eigenvalue weighted by molar-refractivity contribution is 7.90. The number of benzene rings is 4. The molecule has 67 heavy (non-hydrogen) atoms. The molecule has 0 radical (unpaired) electrons. The van der Waals surface area contributed by atoms with Gasteiger partial charge in [0.05, 0.1) is 41.5 Å². The van der Waals surface area contributed by atoms with Crippen molar-refractivity contribution in [1.82, 2.24) is 34.8 Å². The minimum atomic E-state index is -4.01. The molecule has 21 nitrogen and oxygen atoms in total. The molecule has 2 atom stereocenters. The van der Waals surface area contributed by atoms with Crippen molar-refractivity contribution in [3.05, 3.63) is 72.8 Å². The number of hydrogen-bond acceptors (Lipinski definition) is 14. The molecule has 0 bridgehead atoms. The summed E-state index contributed by atoms with van der Waals surface area (Å²) in [4.78, 5) is 70.0. The largest absolute Gasteiger partial charge is 0.480 e. The molecular weight excluding hydrogens is 911 g/mol. The quantitative estimate of drug-likeness (QED) is 0.0383. The van der Waals surface area contributed by atoms with Crippen molar-refractivity contribution >= 4 is 82.7 Å². The molecule has 366 valence electrons. The number of anilines is 2. The monoisotopic (exact) mass is 971 g/mol. The third-order valence-electron chi connectivity index (χ3n) is 11.0. The summed E-state index contributed by atoms with van der Waals surface area (Å²) in [5, 5.41) is 36.8. The van der Waals surface area contributed by atoms with Gasteiger partial charge in [-0.2, -0.15) is 0 Å². The smallest absolute Gasteiger partial charge is 0.317 e. The zero-order valence-electron chi connectivity index (χ0n) is 38.4. The van der Waals surface area contributed by atoms with Crippen LogP contribution in [-0.2, 0) is 44.0 Å². The Morgan fingerprint density at radius 3 is 1.18 bits per heavy atom. The maximum atomic E-state index is 13.3. The summed E-state index contributed by atoms with van der Waals surface area (Å²) in [5.74, 6) is -4.99. The van der Waals surface area contributed by atoms with Gasteiger partial charge in [-0.15, -0.1) is 0 Å². The Morgan fingerprint density at radius 1 is 0.493 bits per heavy atom. The lowest BCUT2D eigenvalue weighted by atomic mass is 10.1. The van der Waals surface area contributed by atoms with E-state index in [1.807, 2.05) is 62.3 Å². The summed E-state index contributed by atoms with van der Waals surface area (Å²) in [6.07, 6.45) is 0. The van der Waals surface area contributed by atoms with E-state index in [1.165, 1.54) is 40.7 Å². The fraction of sp³-hybridized carbons (Fsp3) is 0.432. The Bertz CT molecular complexity index is 2460. The average Bonchev–Trinajstić information content (AvgIpc) is 3.27. The van der Waals surface area contributed by atoms with E-state index >= 15 is 0 Å². The molecule has 0 aliphatic rings. The predicted molar refractivity (Wildman–Crippen MR) is 254 cm³/mol. The van der Waals surface area contributed by atoms with E-state index in [0.717, 1.165) is 22.1 Å². The van der Waals surface area contributed by atoms with Gasteiger partial charge in [-0.3, -0.25) is 38.7 Å². The first kappa shape index (κ1) is 53.7. The molecule has 0 aliphatic heterocycles. The Kier molecular flexibility index (Phi) is 19.4. The van der Waals surface area contributed by atoms with Crippen molar-refractivity contribution in [2.24, 2.45) is 0 Å². The first-order chi connectivity index (χ1) is 31.5. The van der Waals surface area contributed by atoms with E-state index in [9.17, 15) is 56.1 Å². The maximum Gasteiger partial charge on any atom is 0.317 e. The Labute approximate surface area is 390 Å². The molecule has 0 saturated carbocycles. The second kappa shape index (κ2) is 24.2. The Morgan fingerprint density at radius 2 is 0.836 bits per heavy atom. The van der Waals surface area contributed by atoms with Crippen LogP contribution in [0.2, 0.25) is 0 Å². The zero-order valence-corrected chi connectivity index (χ0v) is 40.1. The number of nitrogens with zero attached hydrogens (tertiary/aromatic N) is 5. The van der Waals surface area contributed by atoms with Crippen LogP contribution in [0.25, 0.3) is 21.5 Å². The average molecular weight is 972 g/mol. The van der Waals surface area contributed by atoms with E-state index in [4.69, 9.17) is 0 Å². The third kappa shape index (κ3) is 15.0. The van der Waals surface area contributed by atoms with Gasteiger partial charge in [0.15, 0.2) is 0 Å². The second-order valence-electron chi connectivity index (χ2n) is 16.2. The van der Waals surface area contributed by atoms with E-state index in [2.05, 4.69) is 20.1 Å². The first-order valence-corrected chi connectivity index (χ1v) is 24.3. The maximum absolute atomic E-state index is 13.3. The Balaban J connectivity index is 1.32. The number of aliphatic carboxylic acids is 3. The van der Waals surface area contributed by atoms with E-state index in [0.29, 0.717) is 10.8 Å². The number of carboxylic acid groups (broad SMARTS) is 3. The van der Waals surface area contributed by atoms with Crippen molar-refractivity contribution in [2.45, 2.75) is 35.7 Å². The molecule has 4 aromatic rings. The molecule has 2 unspecified atom stereocenters. The van der Waals surface area contributed by atoms with Crippen LogP contribution in [-0.4, -0.2) is 189 Å². The van der Waals surface area contributed by atoms with Crippen molar-refractivity contribution in [2.75, 3.05) is 110 Å². The molecule has 2 amide bonds. The topological polar surface area (TPSA) is 279 Å². The third-order valence-corrected chi connectivity index (χ3v) is 14.0. The van der Waals surface area contributed by atoms with Crippen LogP contribution in [0.4, 0.5) is 11.4 Å². The van der Waals surface area contributed by atoms with Gasteiger partial charge >= 0.3 is 17.9 Å². The summed E-state index contributed by atoms with van der Waals surface area (Å²) < 4.78 is 58.3. The number of carboxylic acids is 3. The molecule has 0 aliphatic carbocycles. The van der Waals surface area contributed by atoms with E-state index in [-0.39, 0.29) is 62.1 Å². The molecule has 23 heteroatoms. The van der Waals surface area contributed by atoms with Gasteiger partial charge in [-0.1, -0.05) is 48.5 Å². The van der Waals surface area contributed by atoms with Crippen LogP contribution >= 0.6 is 0 Å². The number of nitrogens with one attached hydrogen (secondary N) is 4. The van der Waals surface area contributed by atoms with Crippen LogP contribution in [0.15, 0.2) is 82.6 Å². The summed E-state index contributed by atoms with van der Waals surface area (Å²) in [7, 11) is -0.618. The minimum absolute atomic E-state index is 0.0613. The zero-order chi connectivity index (χ0) is 49.6. The van der Waals surface area contributed by atoms with Gasteiger partial charge in [-0.25, -0.2) is 26.3 Å². The van der Waals surface area contributed by atoms with Crippen molar-refractivity contribution in [3.63, 3.8) is 0 Å². The summed E-state index contributed by atoms with van der Waals surface area (Å²) in [6, 6.07) is 18.4. The van der Waals surface area contributed by atoms with Gasteiger partial charge in [0, 0.05) is 113 Å². The van der Waals surface area contributed by atoms with Gasteiger partial charge < -0.3 is 35.8 Å². The molecule has 7 N–H and O–H groups in total. The van der Waals surface area contributed by atoms with E-state index < -0.39 is 81.5 Å². The molecule has 0 saturated heterocycles. The van der Waals surface area contributed by atoms with Crippen molar-refractivity contribution < 1.29 is 56.1 Å². The van der Waals surface area contributed by atoms with Crippen LogP contribution in [0, 0.1) is 0 Å². The lowest BCUT2D eigenvalue weighted by Gasteiger charge is -2.32. The molecule has 0 spiro atoms. The lowest BCUT2D eigenvalue weighted by Crippen LogP contribution is -2.52. The number of carbonyl (C=O) groups excluding carboxylic acids is 2. The highest BCUT2D eigenvalue weighted by Gasteiger charge is 2.28. The van der Waals surface area contributed by atoms with Gasteiger partial charge in [0.1, 0.15) is 0 Å². The summed E-state index contributed by atoms with van der Waals surface area (Å²) >= 11 is 0. The van der Waals surface area contributed by atoms with Gasteiger partial charge in [0.2, 0.25) is 31.9 Å². The molecular formula is C44H61N9O12S2. The standard InChI is InChI=1S/C44H61N9O12S2/c1-30(43(60)45-19-21-47-66(62,63)38-17-9-11-32-34(38)13-7-15-36(32)49(3)4)52(28-41(56)57)25-23-51(27-40(54)55)24-26-53(29-42(58)59)31(2)44(61)46-20-22-48-67(64,65)39-18-10-12-33-35(39)14-8-16-37(33)50(5)6/h7-18,30-31,47-48H,19-29H2,1-6H3,(H,45,60)(H,46,61)(H,54,55)(H,56,57)(H,58,59). The Hall–Kier alpha value is -5.95. The molecule has 4 aromatic carbocycles. The van der Waals surface area contributed by atoms with Crippen molar-refractivity contribution in [3.8, 4) is 0 Å². The predicted octanol–water partition coefficient (Wildman–Crippen LogP) is 0.551. The summed E-state index contributed by atoms with van der Waals surface area (Å²) in [5.41, 5.74) is 1.66. The molecule has 0 aromatic heterocycles. The number of fused-ring (bicyclic) bond motifs is 2. The van der Waals surface area contributed by atoms with Crippen LogP contribution in [0.3, 0.4) is 0 Å². The van der Waals surface area contributed by atoms with E-state index in [1.54, 1.807) is 36.4 Å². The first-order valence-electron chi connectivity index (χ1n) is 21.3. The van der Waals surface area contributed by atoms with Crippen LogP contribution in [0.1, 0.15) is 13.8 Å². The number of rotatable bonds is 28. The lowest BCUT2D eigenvalue weighted by molar-refractivity contribution is -0.141. The van der Waals surface area contributed by atoms with Gasteiger partial charge in [0.25, 0.3) is 0 Å². The summed E-state index contributed by atoms with van der Waals surface area (Å²) in [6.45, 7) is 0.157. The molecule has 0 heterocycles. The fourth-order valence-electron chi connectivity index (χ4n) is 7.47. The van der Waals surface area contributed by atoms with Gasteiger partial charge in [-0.05, 0) is 38.1 Å². The SMILES string of the molecule is CC(C(=O)NCCNS(=O)(=O)c1cccc2c(N(C)C)cccc12)N(CCN(CCN(CC(=O)O)C(C)C(=O)NCCNS(=O)(=O)c1cccc2c(N(C)C)cccc12)CC(=O)O)CC(=O)O. The number of hydrogen-bond donors (Lipinski definition) is 7. The highest BCUT2D eigenvalue weighted by atomic mass is 32.2. The van der Waals surface area contributed by atoms with Crippen molar-refractivity contribution in [1.29, 1.82) is 0 Å². The van der Waals surface area contributed by atoms with Crippen LogP contribution in [0.5, 0.6) is 0 Å². The molecule has 4 rings (SSSR count). The highest BCUT2D eigenvalue weighted by Crippen LogP contribution is 2.31. The fourth-order valence-corrected chi connectivity index (χ4v) is 9.97. The molecule has 0 fully saturated rings. The van der Waals surface area contributed by atoms with Crippen LogP contribution < -0.4 is 29.9 Å². The number of sulfonamides is 2. The number of amides is 2. The second-order valence-corrected chi connectivity index (χ2v) is 19.6. The normalized spacial score (nSPS) is 12.9. The minimum Gasteiger partial charge on any atom is -0.480 e.